The average molecular weight is 197 g/mol. The summed E-state index contributed by atoms with van der Waals surface area (Å²) in [6.07, 6.45) is 2.10. The van der Waals surface area contributed by atoms with Crippen LogP contribution < -0.4 is 5.73 Å². The van der Waals surface area contributed by atoms with Crippen molar-refractivity contribution in [3.63, 3.8) is 0 Å². The number of rotatable bonds is 3. The van der Waals surface area contributed by atoms with Gasteiger partial charge < -0.3 is 5.73 Å². The minimum Gasteiger partial charge on any atom is -0.327 e. The third kappa shape index (κ3) is 2.60. The number of hydrogen-bond acceptors (Lipinski definition) is 4. The largest absolute Gasteiger partial charge is 0.327 e. The van der Waals surface area contributed by atoms with Crippen LogP contribution in [0.4, 0.5) is 0 Å². The quantitative estimate of drug-likeness (QED) is 0.804. The van der Waals surface area contributed by atoms with Crippen molar-refractivity contribution in [2.45, 2.75) is 20.8 Å². The first-order chi connectivity index (χ1) is 6.15. The van der Waals surface area contributed by atoms with Crippen molar-refractivity contribution >= 4 is 17.6 Å². The molecule has 0 aliphatic heterocycles. The van der Waals surface area contributed by atoms with Crippen LogP contribution in [0.3, 0.4) is 0 Å². The fourth-order valence-corrected chi connectivity index (χ4v) is 1.63. The predicted molar refractivity (Wildman–Crippen MR) is 56.5 cm³/mol. The molecular formula is C9H15N3S. The molecule has 1 aromatic rings. The minimum atomic E-state index is 0.492. The van der Waals surface area contributed by atoms with Crippen LogP contribution in [0.25, 0.3) is 6.08 Å². The molecule has 0 unspecified atom stereocenters. The van der Waals surface area contributed by atoms with E-state index in [0.29, 0.717) is 12.5 Å². The van der Waals surface area contributed by atoms with Gasteiger partial charge in [-0.2, -0.15) is 0 Å². The summed E-state index contributed by atoms with van der Waals surface area (Å²) in [5.74, 6) is 0.492. The fourth-order valence-electron chi connectivity index (χ4n) is 1.00. The first-order valence-corrected chi connectivity index (χ1v) is 5.12. The highest BCUT2D eigenvalue weighted by atomic mass is 32.1. The van der Waals surface area contributed by atoms with Gasteiger partial charge in [-0.15, -0.1) is 5.10 Å². The van der Waals surface area contributed by atoms with Gasteiger partial charge in [-0.1, -0.05) is 23.9 Å². The molecule has 0 fully saturated rings. The number of nitrogens with zero attached hydrogens (tertiary/aromatic N) is 2. The summed E-state index contributed by atoms with van der Waals surface area (Å²) in [6, 6.07) is 0. The molecule has 0 aliphatic carbocycles. The van der Waals surface area contributed by atoms with Gasteiger partial charge in [-0.05, 0) is 30.5 Å². The van der Waals surface area contributed by atoms with Crippen molar-refractivity contribution in [3.05, 3.63) is 16.1 Å². The highest BCUT2D eigenvalue weighted by Crippen LogP contribution is 2.17. The lowest BCUT2D eigenvalue weighted by Crippen LogP contribution is -2.07. The Morgan fingerprint density at radius 2 is 2.31 bits per heavy atom. The molecule has 3 nitrogen and oxygen atoms in total. The summed E-state index contributed by atoms with van der Waals surface area (Å²) in [4.78, 5) is 1.12. The van der Waals surface area contributed by atoms with Gasteiger partial charge in [0.15, 0.2) is 0 Å². The summed E-state index contributed by atoms with van der Waals surface area (Å²) >= 11 is 1.42. The van der Waals surface area contributed by atoms with Gasteiger partial charge in [-0.3, -0.25) is 0 Å². The molecule has 4 heteroatoms. The number of aromatic nitrogens is 2. The Bertz CT molecular complexity index is 302. The van der Waals surface area contributed by atoms with Crippen LogP contribution in [0.1, 0.15) is 24.4 Å². The van der Waals surface area contributed by atoms with Gasteiger partial charge in [-0.25, -0.2) is 0 Å². The van der Waals surface area contributed by atoms with Crippen LogP contribution >= 0.6 is 11.5 Å². The molecule has 1 aromatic heterocycles. The third-order valence-electron chi connectivity index (χ3n) is 1.98. The first-order valence-electron chi connectivity index (χ1n) is 4.34. The summed E-state index contributed by atoms with van der Waals surface area (Å²) in [5.41, 5.74) is 7.86. The molecule has 0 bridgehead atoms. The van der Waals surface area contributed by atoms with Crippen molar-refractivity contribution < 1.29 is 0 Å². The van der Waals surface area contributed by atoms with Crippen molar-refractivity contribution in [1.82, 2.24) is 9.59 Å². The smallest absolute Gasteiger partial charge is 0.0797 e. The maximum atomic E-state index is 5.64. The van der Waals surface area contributed by atoms with E-state index >= 15 is 0 Å². The zero-order valence-corrected chi connectivity index (χ0v) is 9.06. The molecule has 0 amide bonds. The van der Waals surface area contributed by atoms with Gasteiger partial charge in [0.25, 0.3) is 0 Å². The van der Waals surface area contributed by atoms with Crippen LogP contribution in [-0.4, -0.2) is 16.1 Å². The number of aryl methyl sites for hydroxylation is 1. The number of nitrogens with two attached hydrogens (primary N) is 1. The van der Waals surface area contributed by atoms with Crippen LogP contribution in [-0.2, 0) is 0 Å². The molecule has 72 valence electrons. The second-order valence-corrected chi connectivity index (χ2v) is 4.09. The van der Waals surface area contributed by atoms with Crippen molar-refractivity contribution in [2.24, 2.45) is 11.7 Å². The lowest BCUT2D eigenvalue weighted by Gasteiger charge is -2.07. The summed E-state index contributed by atoms with van der Waals surface area (Å²) in [6.45, 7) is 6.85. The van der Waals surface area contributed by atoms with E-state index in [1.54, 1.807) is 0 Å². The Kier molecular flexibility index (Phi) is 3.57. The topological polar surface area (TPSA) is 51.8 Å². The maximum Gasteiger partial charge on any atom is 0.0797 e. The van der Waals surface area contributed by atoms with Gasteiger partial charge in [0.2, 0.25) is 0 Å². The molecule has 0 aliphatic rings. The Morgan fingerprint density at radius 3 is 2.69 bits per heavy atom. The molecule has 0 saturated heterocycles. The van der Waals surface area contributed by atoms with E-state index in [2.05, 4.69) is 29.5 Å². The zero-order chi connectivity index (χ0) is 9.84. The van der Waals surface area contributed by atoms with Crippen molar-refractivity contribution in [1.29, 1.82) is 0 Å². The van der Waals surface area contributed by atoms with Crippen molar-refractivity contribution in [2.75, 3.05) is 6.54 Å². The Labute approximate surface area is 82.8 Å². The zero-order valence-electron chi connectivity index (χ0n) is 8.24. The Balaban J connectivity index is 2.91. The highest BCUT2D eigenvalue weighted by molar-refractivity contribution is 7.06. The van der Waals surface area contributed by atoms with E-state index in [4.69, 9.17) is 5.73 Å². The van der Waals surface area contributed by atoms with Gasteiger partial charge in [0.1, 0.15) is 0 Å². The molecule has 1 heterocycles. The Morgan fingerprint density at radius 1 is 1.62 bits per heavy atom. The fraction of sp³-hybridized carbons (Fsp3) is 0.556. The molecule has 0 atom stereocenters. The lowest BCUT2D eigenvalue weighted by molar-refractivity contribution is 0.753. The first kappa shape index (κ1) is 10.3. The molecule has 13 heavy (non-hydrogen) atoms. The number of hydrogen-bond donors (Lipinski definition) is 1. The van der Waals surface area contributed by atoms with E-state index in [-0.39, 0.29) is 0 Å². The van der Waals surface area contributed by atoms with Gasteiger partial charge in [0, 0.05) is 6.54 Å². The SMILES string of the molecule is Cc1nnsc1/C=C(\CN)C(C)C. The molecule has 0 radical (unpaired) electrons. The lowest BCUT2D eigenvalue weighted by atomic mass is 10.0. The summed E-state index contributed by atoms with van der Waals surface area (Å²) < 4.78 is 3.87. The maximum absolute atomic E-state index is 5.64. The molecule has 0 saturated carbocycles. The second kappa shape index (κ2) is 4.48. The standard InChI is InChI=1S/C9H15N3S/c1-6(2)8(5-10)4-9-7(3)11-12-13-9/h4,6H,5,10H2,1-3H3/b8-4+. The minimum absolute atomic E-state index is 0.492. The molecule has 1 rings (SSSR count). The Hall–Kier alpha value is -0.740. The van der Waals surface area contributed by atoms with E-state index < -0.39 is 0 Å². The summed E-state index contributed by atoms with van der Waals surface area (Å²) in [5, 5.41) is 3.95. The van der Waals surface area contributed by atoms with E-state index in [1.165, 1.54) is 17.1 Å². The van der Waals surface area contributed by atoms with Crippen LogP contribution in [0.15, 0.2) is 5.57 Å². The second-order valence-electron chi connectivity index (χ2n) is 3.30. The summed E-state index contributed by atoms with van der Waals surface area (Å²) in [7, 11) is 0. The predicted octanol–water partition coefficient (Wildman–Crippen LogP) is 1.84. The average Bonchev–Trinajstić information content (AvgIpc) is 2.46. The monoisotopic (exact) mass is 197 g/mol. The van der Waals surface area contributed by atoms with Crippen molar-refractivity contribution in [3.8, 4) is 0 Å². The van der Waals surface area contributed by atoms with E-state index in [1.807, 2.05) is 6.92 Å². The molecule has 2 N–H and O–H groups in total. The molecular weight excluding hydrogens is 182 g/mol. The van der Waals surface area contributed by atoms with E-state index in [0.717, 1.165) is 10.6 Å². The van der Waals surface area contributed by atoms with E-state index in [9.17, 15) is 0 Å². The highest BCUT2D eigenvalue weighted by Gasteiger charge is 2.04. The van der Waals surface area contributed by atoms with Crippen LogP contribution in [0.5, 0.6) is 0 Å². The van der Waals surface area contributed by atoms with Crippen LogP contribution in [0.2, 0.25) is 0 Å². The third-order valence-corrected chi connectivity index (χ3v) is 2.75. The molecule has 0 spiro atoms. The van der Waals surface area contributed by atoms with Crippen LogP contribution in [0, 0.1) is 12.8 Å². The van der Waals surface area contributed by atoms with Gasteiger partial charge >= 0.3 is 0 Å². The normalized spacial score (nSPS) is 12.5. The molecule has 0 aromatic carbocycles. The van der Waals surface area contributed by atoms with Gasteiger partial charge in [0.05, 0.1) is 10.6 Å².